The zero-order valence-corrected chi connectivity index (χ0v) is 12.4. The van der Waals surface area contributed by atoms with Gasteiger partial charge >= 0.3 is 5.97 Å². The number of hydrogen-bond acceptors (Lipinski definition) is 4. The Balaban J connectivity index is 2.18. The Kier molecular flexibility index (Phi) is 4.10. The first kappa shape index (κ1) is 14.3. The van der Waals surface area contributed by atoms with E-state index in [-0.39, 0.29) is 11.8 Å². The maximum atomic E-state index is 13.8. The van der Waals surface area contributed by atoms with Gasteiger partial charge in [0.15, 0.2) is 0 Å². The van der Waals surface area contributed by atoms with Gasteiger partial charge in [-0.1, -0.05) is 15.9 Å². The van der Waals surface area contributed by atoms with Gasteiger partial charge in [0, 0.05) is 18.1 Å². The molecule has 104 valence electrons. The molecule has 1 saturated heterocycles. The van der Waals surface area contributed by atoms with Crippen molar-refractivity contribution in [1.29, 1.82) is 0 Å². The number of hydrogen-bond donors (Lipinski definition) is 0. The molecular formula is C13H15BrFNO3. The molecular weight excluding hydrogens is 317 g/mol. The van der Waals surface area contributed by atoms with Crippen molar-refractivity contribution in [2.45, 2.75) is 0 Å². The Morgan fingerprint density at radius 3 is 2.79 bits per heavy atom. The Hall–Kier alpha value is -1.14. The normalized spacial score (nSPS) is 16.6. The first-order valence-corrected chi connectivity index (χ1v) is 6.60. The van der Waals surface area contributed by atoms with E-state index in [9.17, 15) is 9.18 Å². The second-order valence-corrected chi connectivity index (χ2v) is 5.63. The van der Waals surface area contributed by atoms with E-state index in [0.29, 0.717) is 25.4 Å². The van der Waals surface area contributed by atoms with Crippen LogP contribution in [0.1, 0.15) is 0 Å². The number of methoxy groups -OCH3 is 1. The van der Waals surface area contributed by atoms with Crippen LogP contribution >= 0.6 is 15.9 Å². The molecule has 0 amide bonds. The van der Waals surface area contributed by atoms with Crippen molar-refractivity contribution in [1.82, 2.24) is 0 Å². The van der Waals surface area contributed by atoms with Gasteiger partial charge in [-0.05, 0) is 18.2 Å². The molecule has 0 N–H and O–H groups in total. The predicted octanol–water partition coefficient (Wildman–Crippen LogP) is 2.21. The molecule has 1 heterocycles. The van der Waals surface area contributed by atoms with Gasteiger partial charge in [0.25, 0.3) is 0 Å². The zero-order valence-electron chi connectivity index (χ0n) is 10.8. The van der Waals surface area contributed by atoms with Gasteiger partial charge in [0.05, 0.1) is 26.0 Å². The summed E-state index contributed by atoms with van der Waals surface area (Å²) in [6.07, 6.45) is 0. The maximum Gasteiger partial charge on any atom is 0.318 e. The molecule has 0 spiro atoms. The van der Waals surface area contributed by atoms with Gasteiger partial charge in [-0.15, -0.1) is 0 Å². The van der Waals surface area contributed by atoms with Crippen LogP contribution in [0.15, 0.2) is 22.7 Å². The van der Waals surface area contributed by atoms with Gasteiger partial charge in [-0.25, -0.2) is 4.39 Å². The van der Waals surface area contributed by atoms with Crippen molar-refractivity contribution < 1.29 is 18.7 Å². The molecule has 0 aromatic heterocycles. The van der Waals surface area contributed by atoms with Crippen LogP contribution in [0.2, 0.25) is 0 Å². The van der Waals surface area contributed by atoms with Gasteiger partial charge < -0.3 is 14.4 Å². The van der Waals surface area contributed by atoms with E-state index in [4.69, 9.17) is 9.47 Å². The fourth-order valence-electron chi connectivity index (χ4n) is 2.16. The highest BCUT2D eigenvalue weighted by Crippen LogP contribution is 2.32. The smallest absolute Gasteiger partial charge is 0.318 e. The number of esters is 1. The molecule has 19 heavy (non-hydrogen) atoms. The highest BCUT2D eigenvalue weighted by atomic mass is 79.9. The summed E-state index contributed by atoms with van der Waals surface area (Å²) in [4.78, 5) is 13.5. The van der Waals surface area contributed by atoms with Crippen molar-refractivity contribution in [3.63, 3.8) is 0 Å². The van der Waals surface area contributed by atoms with E-state index in [1.165, 1.54) is 13.2 Å². The number of carbonyl (C=O) groups excluding carboxylic acids is 1. The van der Waals surface area contributed by atoms with Gasteiger partial charge in [-0.2, -0.15) is 0 Å². The maximum absolute atomic E-state index is 13.8. The van der Waals surface area contributed by atoms with Crippen molar-refractivity contribution in [3.05, 3.63) is 28.5 Å². The summed E-state index contributed by atoms with van der Waals surface area (Å²) in [5.74, 6) is -0.646. The third-order valence-electron chi connectivity index (χ3n) is 3.23. The number of benzene rings is 1. The molecule has 1 aliphatic heterocycles. The summed E-state index contributed by atoms with van der Waals surface area (Å²) in [6.45, 7) is 0.965. The molecule has 0 aliphatic carbocycles. The van der Waals surface area contributed by atoms with Crippen LogP contribution in [0, 0.1) is 11.2 Å². The minimum Gasteiger partial charge on any atom is -0.468 e. The molecule has 0 atom stereocenters. The van der Waals surface area contributed by atoms with Gasteiger partial charge in [0.1, 0.15) is 11.2 Å². The quantitative estimate of drug-likeness (QED) is 0.793. The highest BCUT2D eigenvalue weighted by molar-refractivity contribution is 9.10. The summed E-state index contributed by atoms with van der Waals surface area (Å²) in [7, 11) is 3.09. The lowest BCUT2D eigenvalue weighted by Gasteiger charge is -2.41. The fraction of sp³-hybridized carbons (Fsp3) is 0.462. The van der Waals surface area contributed by atoms with Gasteiger partial charge in [-0.3, -0.25) is 4.79 Å². The molecule has 2 rings (SSSR count). The van der Waals surface area contributed by atoms with Crippen LogP contribution in [0.25, 0.3) is 0 Å². The zero-order chi connectivity index (χ0) is 14.0. The topological polar surface area (TPSA) is 38.8 Å². The first-order valence-electron chi connectivity index (χ1n) is 5.81. The summed E-state index contributed by atoms with van der Waals surface area (Å²) in [6, 6.07) is 4.70. The second kappa shape index (κ2) is 5.46. The molecule has 0 radical (unpaired) electrons. The Morgan fingerprint density at radius 2 is 2.26 bits per heavy atom. The van der Waals surface area contributed by atoms with E-state index < -0.39 is 5.41 Å². The number of anilines is 1. The van der Waals surface area contributed by atoms with Crippen LogP contribution in [0.4, 0.5) is 10.1 Å². The minimum absolute atomic E-state index is 0.305. The number of ether oxygens (including phenoxy) is 2. The first-order chi connectivity index (χ1) is 8.98. The molecule has 0 saturated carbocycles. The number of nitrogens with zero attached hydrogens (tertiary/aromatic N) is 1. The van der Waals surface area contributed by atoms with Crippen LogP contribution in [0.5, 0.6) is 0 Å². The highest BCUT2D eigenvalue weighted by Gasteiger charge is 2.48. The largest absolute Gasteiger partial charge is 0.468 e. The van der Waals surface area contributed by atoms with Crippen molar-refractivity contribution in [3.8, 4) is 0 Å². The number of rotatable bonds is 4. The average molecular weight is 332 g/mol. The third-order valence-corrected chi connectivity index (χ3v) is 3.73. The second-order valence-electron chi connectivity index (χ2n) is 4.72. The van der Waals surface area contributed by atoms with Crippen molar-refractivity contribution in [2.24, 2.45) is 5.41 Å². The van der Waals surface area contributed by atoms with E-state index in [1.54, 1.807) is 24.1 Å². The van der Waals surface area contributed by atoms with E-state index in [1.807, 2.05) is 0 Å². The standard InChI is InChI=1S/C13H15BrFNO3/c1-16(11-5-9(14)3-4-10(11)15)6-13(7-19-8-13)12(17)18-2/h3-5H,6-8H2,1-2H3. The summed E-state index contributed by atoms with van der Waals surface area (Å²) < 4.78 is 24.5. The molecule has 1 aromatic rings. The lowest BCUT2D eigenvalue weighted by atomic mass is 9.85. The molecule has 0 bridgehead atoms. The molecule has 1 aromatic carbocycles. The fourth-order valence-corrected chi connectivity index (χ4v) is 2.51. The van der Waals surface area contributed by atoms with Crippen LogP contribution in [0.3, 0.4) is 0 Å². The summed E-state index contributed by atoms with van der Waals surface area (Å²) in [5.41, 5.74) is -0.261. The molecule has 0 unspecified atom stereocenters. The summed E-state index contributed by atoms with van der Waals surface area (Å²) >= 11 is 3.31. The molecule has 1 fully saturated rings. The number of carbonyl (C=O) groups is 1. The lowest BCUT2D eigenvalue weighted by Crippen LogP contribution is -2.56. The van der Waals surface area contributed by atoms with E-state index in [0.717, 1.165) is 4.47 Å². The average Bonchev–Trinajstić information content (AvgIpc) is 2.35. The Labute approximate surface area is 119 Å². The summed E-state index contributed by atoms with van der Waals surface area (Å²) in [5, 5.41) is 0. The van der Waals surface area contributed by atoms with Crippen LogP contribution in [-0.4, -0.2) is 39.9 Å². The Bertz CT molecular complexity index is 491. The van der Waals surface area contributed by atoms with Crippen LogP contribution in [-0.2, 0) is 14.3 Å². The van der Waals surface area contributed by atoms with E-state index in [2.05, 4.69) is 15.9 Å². The van der Waals surface area contributed by atoms with Crippen molar-refractivity contribution in [2.75, 3.05) is 38.8 Å². The SMILES string of the molecule is COC(=O)C1(CN(C)c2cc(Br)ccc2F)COC1. The van der Waals surface area contributed by atoms with Gasteiger partial charge in [0.2, 0.25) is 0 Å². The Morgan fingerprint density at radius 1 is 1.58 bits per heavy atom. The number of halogens is 2. The lowest BCUT2D eigenvalue weighted by molar-refractivity contribution is -0.180. The van der Waals surface area contributed by atoms with Crippen LogP contribution < -0.4 is 4.90 Å². The molecule has 1 aliphatic rings. The van der Waals surface area contributed by atoms with E-state index >= 15 is 0 Å². The molecule has 6 heteroatoms. The predicted molar refractivity (Wildman–Crippen MR) is 72.6 cm³/mol. The van der Waals surface area contributed by atoms with Crippen molar-refractivity contribution >= 4 is 27.6 Å². The molecule has 4 nitrogen and oxygen atoms in total. The minimum atomic E-state index is -0.696. The third kappa shape index (κ3) is 2.74. The monoisotopic (exact) mass is 331 g/mol.